The van der Waals surface area contributed by atoms with Crippen LogP contribution in [0.3, 0.4) is 0 Å². The number of unbranched alkanes of at least 4 members (excludes halogenated alkanes) is 24. The van der Waals surface area contributed by atoms with Gasteiger partial charge in [-0.1, -0.05) is 168 Å². The van der Waals surface area contributed by atoms with Crippen LogP contribution >= 0.6 is 0 Å². The van der Waals surface area contributed by atoms with Gasteiger partial charge in [-0.2, -0.15) is 0 Å². The lowest BCUT2D eigenvalue weighted by Gasteiger charge is -2.21. The van der Waals surface area contributed by atoms with Crippen LogP contribution in [-0.4, -0.2) is 35.6 Å². The van der Waals surface area contributed by atoms with Gasteiger partial charge in [0.15, 0.2) is 0 Å². The Hall–Kier alpha value is -0.570. The number of carbonyl (C=O) groups is 1. The summed E-state index contributed by atoms with van der Waals surface area (Å²) >= 11 is 0. The van der Waals surface area contributed by atoms with Gasteiger partial charge in [0.2, 0.25) is 0 Å². The van der Waals surface area contributed by atoms with Crippen molar-refractivity contribution in [2.24, 2.45) is 0 Å². The third-order valence-electron chi connectivity index (χ3n) is 7.80. The van der Waals surface area contributed by atoms with Crippen LogP contribution in [0.1, 0.15) is 187 Å². The van der Waals surface area contributed by atoms with E-state index in [0.29, 0.717) is 0 Å². The number of carboxylic acid groups (broad SMARTS) is 1. The highest BCUT2D eigenvalue weighted by Gasteiger charge is 2.07. The van der Waals surface area contributed by atoms with E-state index in [1.54, 1.807) is 0 Å². The normalized spacial score (nSPS) is 11.5. The fraction of sp³-hybridized carbons (Fsp3) is 0.970. The van der Waals surface area contributed by atoms with Crippen LogP contribution in [0.4, 0.5) is 0 Å². The molecule has 3 nitrogen and oxygen atoms in total. The van der Waals surface area contributed by atoms with Crippen molar-refractivity contribution in [1.29, 1.82) is 0 Å². The molecule has 0 aliphatic carbocycles. The summed E-state index contributed by atoms with van der Waals surface area (Å²) < 4.78 is 0. The Morgan fingerprint density at radius 3 is 0.917 bits per heavy atom. The molecule has 216 valence electrons. The number of hydrogen-bond acceptors (Lipinski definition) is 2. The Labute approximate surface area is 227 Å². The van der Waals surface area contributed by atoms with E-state index >= 15 is 0 Å². The molecule has 0 rings (SSSR count). The Kier molecular flexibility index (Phi) is 30.2. The zero-order valence-corrected chi connectivity index (χ0v) is 25.0. The van der Waals surface area contributed by atoms with Gasteiger partial charge in [0.05, 0.1) is 6.42 Å². The molecule has 0 aromatic carbocycles. The summed E-state index contributed by atoms with van der Waals surface area (Å²) in [7, 11) is 0. The molecule has 0 unspecified atom stereocenters. The smallest absolute Gasteiger partial charge is 0.304 e. The summed E-state index contributed by atoms with van der Waals surface area (Å²) in [5.74, 6) is -0.657. The summed E-state index contributed by atoms with van der Waals surface area (Å²) in [6, 6.07) is 0. The van der Waals surface area contributed by atoms with Crippen molar-refractivity contribution in [2.45, 2.75) is 187 Å². The first-order valence-corrected chi connectivity index (χ1v) is 16.6. The Bertz CT molecular complexity index is 396. The number of hydrogen-bond donors (Lipinski definition) is 1. The van der Waals surface area contributed by atoms with Crippen molar-refractivity contribution in [3.8, 4) is 0 Å². The van der Waals surface area contributed by atoms with Crippen LogP contribution in [0.25, 0.3) is 0 Å². The van der Waals surface area contributed by atoms with E-state index in [4.69, 9.17) is 5.11 Å². The highest BCUT2D eigenvalue weighted by molar-refractivity contribution is 5.66. The first kappa shape index (κ1) is 35.4. The predicted molar refractivity (Wildman–Crippen MR) is 160 cm³/mol. The molecule has 0 saturated carbocycles. The molecule has 0 aromatic heterocycles. The lowest BCUT2D eigenvalue weighted by molar-refractivity contribution is -0.137. The van der Waals surface area contributed by atoms with E-state index in [9.17, 15) is 4.79 Å². The van der Waals surface area contributed by atoms with Gasteiger partial charge in [-0.05, 0) is 25.9 Å². The maximum atomic E-state index is 11.1. The van der Waals surface area contributed by atoms with Crippen LogP contribution in [0.15, 0.2) is 0 Å². The maximum absolute atomic E-state index is 11.1. The molecule has 0 heterocycles. The minimum atomic E-state index is -0.657. The predicted octanol–water partition coefficient (Wildman–Crippen LogP) is 10.9. The van der Waals surface area contributed by atoms with Crippen LogP contribution in [-0.2, 0) is 4.79 Å². The van der Waals surface area contributed by atoms with Crippen molar-refractivity contribution in [3.05, 3.63) is 0 Å². The van der Waals surface area contributed by atoms with E-state index in [1.807, 2.05) is 0 Å². The fourth-order valence-corrected chi connectivity index (χ4v) is 5.30. The molecule has 0 atom stereocenters. The molecule has 0 aromatic rings. The lowest BCUT2D eigenvalue weighted by atomic mass is 10.0. The molecule has 0 aliphatic heterocycles. The van der Waals surface area contributed by atoms with Crippen LogP contribution in [0, 0.1) is 0 Å². The highest BCUT2D eigenvalue weighted by atomic mass is 16.4. The van der Waals surface area contributed by atoms with E-state index < -0.39 is 5.97 Å². The molecule has 0 fully saturated rings. The van der Waals surface area contributed by atoms with Crippen LogP contribution in [0.5, 0.6) is 0 Å². The van der Waals surface area contributed by atoms with Crippen molar-refractivity contribution >= 4 is 5.97 Å². The summed E-state index contributed by atoms with van der Waals surface area (Å²) in [5.41, 5.74) is 0. The number of aliphatic carboxylic acids is 1. The SMILES string of the molecule is CCCCCCCCCCCCCCCN(CCCCCCCCCCCCCCC)CCC(=O)O. The highest BCUT2D eigenvalue weighted by Crippen LogP contribution is 2.14. The van der Waals surface area contributed by atoms with Gasteiger partial charge in [0, 0.05) is 6.54 Å². The number of nitrogens with zero attached hydrogens (tertiary/aromatic N) is 1. The molecule has 36 heavy (non-hydrogen) atoms. The third kappa shape index (κ3) is 29.7. The minimum absolute atomic E-state index is 0.289. The summed E-state index contributed by atoms with van der Waals surface area (Å²) in [6.45, 7) is 7.47. The molecule has 0 spiro atoms. The zero-order valence-electron chi connectivity index (χ0n) is 25.0. The van der Waals surface area contributed by atoms with Gasteiger partial charge >= 0.3 is 5.97 Å². The van der Waals surface area contributed by atoms with E-state index in [1.165, 1.54) is 167 Å². The van der Waals surface area contributed by atoms with Crippen molar-refractivity contribution in [1.82, 2.24) is 4.90 Å². The summed E-state index contributed by atoms with van der Waals surface area (Å²) in [4.78, 5) is 13.5. The van der Waals surface area contributed by atoms with Gasteiger partial charge in [-0.3, -0.25) is 4.79 Å². The van der Waals surface area contributed by atoms with Gasteiger partial charge in [0.25, 0.3) is 0 Å². The third-order valence-corrected chi connectivity index (χ3v) is 7.80. The first-order valence-electron chi connectivity index (χ1n) is 16.6. The Morgan fingerprint density at radius 2 is 0.667 bits per heavy atom. The fourth-order valence-electron chi connectivity index (χ4n) is 5.30. The molecule has 1 N–H and O–H groups in total. The second-order valence-electron chi connectivity index (χ2n) is 11.5. The lowest BCUT2D eigenvalue weighted by Crippen LogP contribution is -2.28. The average molecular weight is 510 g/mol. The van der Waals surface area contributed by atoms with E-state index in [0.717, 1.165) is 19.6 Å². The van der Waals surface area contributed by atoms with Gasteiger partial charge in [-0.15, -0.1) is 0 Å². The molecule has 0 bridgehead atoms. The van der Waals surface area contributed by atoms with Crippen LogP contribution in [0.2, 0.25) is 0 Å². The molecular formula is C33H67NO2. The van der Waals surface area contributed by atoms with E-state index in [2.05, 4.69) is 18.7 Å². The van der Waals surface area contributed by atoms with Crippen molar-refractivity contribution < 1.29 is 9.90 Å². The average Bonchev–Trinajstić information content (AvgIpc) is 2.87. The minimum Gasteiger partial charge on any atom is -0.481 e. The molecule has 0 amide bonds. The van der Waals surface area contributed by atoms with Gasteiger partial charge < -0.3 is 10.0 Å². The van der Waals surface area contributed by atoms with Gasteiger partial charge in [-0.25, -0.2) is 0 Å². The molecular weight excluding hydrogens is 442 g/mol. The van der Waals surface area contributed by atoms with Crippen molar-refractivity contribution in [3.63, 3.8) is 0 Å². The second-order valence-corrected chi connectivity index (χ2v) is 11.5. The topological polar surface area (TPSA) is 40.5 Å². The quantitative estimate of drug-likeness (QED) is 0.0944. The monoisotopic (exact) mass is 510 g/mol. The standard InChI is InChI=1S/C33H67NO2/c1-3-5-7-9-11-13-15-17-19-21-23-25-27-30-34(32-29-33(35)36)31-28-26-24-22-20-18-16-14-12-10-8-6-4-2/h3-32H2,1-2H3,(H,35,36). The van der Waals surface area contributed by atoms with Crippen LogP contribution < -0.4 is 0 Å². The summed E-state index contributed by atoms with van der Waals surface area (Å²) in [5, 5.41) is 9.10. The van der Waals surface area contributed by atoms with E-state index in [-0.39, 0.29) is 6.42 Å². The number of carboxylic acids is 1. The maximum Gasteiger partial charge on any atom is 0.304 e. The summed E-state index contributed by atoms with van der Waals surface area (Å²) in [6.07, 6.45) is 36.3. The first-order chi connectivity index (χ1) is 17.7. The second kappa shape index (κ2) is 30.7. The number of rotatable bonds is 31. The molecule has 3 heteroatoms. The molecule has 0 saturated heterocycles. The largest absolute Gasteiger partial charge is 0.481 e. The molecule has 0 radical (unpaired) electrons. The Balaban J connectivity index is 3.59. The van der Waals surface area contributed by atoms with Crippen molar-refractivity contribution in [2.75, 3.05) is 19.6 Å². The molecule has 0 aliphatic rings. The van der Waals surface area contributed by atoms with Gasteiger partial charge in [0.1, 0.15) is 0 Å². The Morgan fingerprint density at radius 1 is 0.417 bits per heavy atom. The zero-order chi connectivity index (χ0) is 26.4.